The highest BCUT2D eigenvalue weighted by Gasteiger charge is 2.33. The van der Waals surface area contributed by atoms with Gasteiger partial charge in [0.1, 0.15) is 16.4 Å². The van der Waals surface area contributed by atoms with Crippen LogP contribution in [0.25, 0.3) is 0 Å². The van der Waals surface area contributed by atoms with Gasteiger partial charge in [-0.15, -0.1) is 0 Å². The van der Waals surface area contributed by atoms with E-state index in [-0.39, 0.29) is 11.5 Å². The SMILES string of the molecule is COc1ccc(OCC(=O)n2nc(C)c(S(=O)(=O)N3CCCC3)c2C)cc1. The van der Waals surface area contributed by atoms with Crippen LogP contribution in [0.5, 0.6) is 11.5 Å². The Balaban J connectivity index is 1.77. The van der Waals surface area contributed by atoms with Crippen molar-refractivity contribution in [3.63, 3.8) is 0 Å². The number of hydrogen-bond acceptors (Lipinski definition) is 6. The molecule has 27 heavy (non-hydrogen) atoms. The molecule has 0 amide bonds. The number of benzene rings is 1. The van der Waals surface area contributed by atoms with Crippen molar-refractivity contribution in [2.75, 3.05) is 26.8 Å². The van der Waals surface area contributed by atoms with E-state index in [0.29, 0.717) is 36.0 Å². The maximum atomic E-state index is 12.9. The smallest absolute Gasteiger partial charge is 0.285 e. The standard InChI is InChI=1S/C18H23N3O5S/c1-13-18(27(23,24)20-10-4-5-11-20)14(2)21(19-13)17(22)12-26-16-8-6-15(25-3)7-9-16/h6-9H,4-5,10-12H2,1-3H3. The molecule has 2 heterocycles. The topological polar surface area (TPSA) is 90.7 Å². The molecule has 2 aromatic rings. The molecule has 1 aromatic carbocycles. The first-order valence-electron chi connectivity index (χ1n) is 8.71. The van der Waals surface area contributed by atoms with E-state index in [4.69, 9.17) is 9.47 Å². The summed E-state index contributed by atoms with van der Waals surface area (Å²) in [5.41, 5.74) is 0.625. The van der Waals surface area contributed by atoms with Crippen LogP contribution in [0.2, 0.25) is 0 Å². The molecule has 0 radical (unpaired) electrons. The summed E-state index contributed by atoms with van der Waals surface area (Å²) in [5.74, 6) is 0.758. The highest BCUT2D eigenvalue weighted by molar-refractivity contribution is 7.89. The molecule has 0 aliphatic carbocycles. The van der Waals surface area contributed by atoms with Crippen molar-refractivity contribution in [1.82, 2.24) is 14.1 Å². The molecule has 146 valence electrons. The van der Waals surface area contributed by atoms with E-state index in [1.165, 1.54) is 4.31 Å². The van der Waals surface area contributed by atoms with Crippen LogP contribution >= 0.6 is 0 Å². The Morgan fingerprint density at radius 2 is 1.70 bits per heavy atom. The summed E-state index contributed by atoms with van der Waals surface area (Å²) in [4.78, 5) is 12.6. The third-order valence-electron chi connectivity index (χ3n) is 4.55. The number of carbonyl (C=O) groups is 1. The van der Waals surface area contributed by atoms with Crippen LogP contribution in [-0.2, 0) is 10.0 Å². The van der Waals surface area contributed by atoms with E-state index in [1.807, 2.05) is 0 Å². The van der Waals surface area contributed by atoms with Crippen LogP contribution in [0.1, 0.15) is 29.0 Å². The number of carbonyl (C=O) groups excluding carboxylic acids is 1. The molecule has 0 saturated carbocycles. The van der Waals surface area contributed by atoms with Crippen molar-refractivity contribution in [2.45, 2.75) is 31.6 Å². The van der Waals surface area contributed by atoms with Gasteiger partial charge in [0.25, 0.3) is 5.91 Å². The van der Waals surface area contributed by atoms with Gasteiger partial charge in [0.05, 0.1) is 18.5 Å². The van der Waals surface area contributed by atoms with Gasteiger partial charge in [-0.1, -0.05) is 0 Å². The molecule has 1 saturated heterocycles. The number of hydrogen-bond donors (Lipinski definition) is 0. The number of aromatic nitrogens is 2. The molecule has 3 rings (SSSR count). The van der Waals surface area contributed by atoms with E-state index in [2.05, 4.69) is 5.10 Å². The maximum Gasteiger partial charge on any atom is 0.285 e. The Labute approximate surface area is 158 Å². The number of sulfonamides is 1. The minimum atomic E-state index is -3.64. The number of aryl methyl sites for hydroxylation is 1. The van der Waals surface area contributed by atoms with Crippen LogP contribution in [0.3, 0.4) is 0 Å². The molecular weight excluding hydrogens is 370 g/mol. The van der Waals surface area contributed by atoms with Crippen LogP contribution in [0.15, 0.2) is 29.2 Å². The van der Waals surface area contributed by atoms with Gasteiger partial charge in [-0.3, -0.25) is 4.79 Å². The maximum absolute atomic E-state index is 12.9. The third kappa shape index (κ3) is 3.84. The molecule has 1 fully saturated rings. The summed E-state index contributed by atoms with van der Waals surface area (Å²) >= 11 is 0. The van der Waals surface area contributed by atoms with Crippen LogP contribution in [-0.4, -0.2) is 55.2 Å². The van der Waals surface area contributed by atoms with Crippen LogP contribution in [0.4, 0.5) is 0 Å². The second-order valence-electron chi connectivity index (χ2n) is 6.38. The lowest BCUT2D eigenvalue weighted by Crippen LogP contribution is -2.29. The zero-order valence-corrected chi connectivity index (χ0v) is 16.5. The molecule has 0 unspecified atom stereocenters. The van der Waals surface area contributed by atoms with Crippen molar-refractivity contribution in [3.8, 4) is 11.5 Å². The van der Waals surface area contributed by atoms with Gasteiger partial charge < -0.3 is 9.47 Å². The molecule has 0 atom stereocenters. The van der Waals surface area contributed by atoms with Gasteiger partial charge in [0.15, 0.2) is 6.61 Å². The minimum absolute atomic E-state index is 0.113. The summed E-state index contributed by atoms with van der Waals surface area (Å²) in [5, 5.41) is 4.15. The molecule has 1 aromatic heterocycles. The number of methoxy groups -OCH3 is 1. The quantitative estimate of drug-likeness (QED) is 0.746. The third-order valence-corrected chi connectivity index (χ3v) is 6.70. The predicted octanol–water partition coefficient (Wildman–Crippen LogP) is 2.01. The lowest BCUT2D eigenvalue weighted by molar-refractivity contribution is 0.0818. The van der Waals surface area contributed by atoms with E-state index >= 15 is 0 Å². The molecule has 0 bridgehead atoms. The summed E-state index contributed by atoms with van der Waals surface area (Å²) < 4.78 is 38.9. The highest BCUT2D eigenvalue weighted by atomic mass is 32.2. The molecule has 8 nitrogen and oxygen atoms in total. The first kappa shape index (κ1) is 19.4. The van der Waals surface area contributed by atoms with Gasteiger partial charge in [0.2, 0.25) is 10.0 Å². The van der Waals surface area contributed by atoms with Gasteiger partial charge in [-0.2, -0.15) is 9.40 Å². The summed E-state index contributed by atoms with van der Waals surface area (Å²) in [6, 6.07) is 6.83. The van der Waals surface area contributed by atoms with Crippen molar-refractivity contribution >= 4 is 15.9 Å². The highest BCUT2D eigenvalue weighted by Crippen LogP contribution is 2.26. The first-order chi connectivity index (χ1) is 12.8. The van der Waals surface area contributed by atoms with Gasteiger partial charge in [0, 0.05) is 13.1 Å². The fraction of sp³-hybridized carbons (Fsp3) is 0.444. The van der Waals surface area contributed by atoms with Crippen molar-refractivity contribution in [1.29, 1.82) is 0 Å². The van der Waals surface area contributed by atoms with Crippen molar-refractivity contribution in [3.05, 3.63) is 35.7 Å². The molecular formula is C18H23N3O5S. The van der Waals surface area contributed by atoms with Crippen molar-refractivity contribution < 1.29 is 22.7 Å². The van der Waals surface area contributed by atoms with E-state index in [0.717, 1.165) is 17.5 Å². The number of nitrogens with zero attached hydrogens (tertiary/aromatic N) is 3. The second-order valence-corrected chi connectivity index (χ2v) is 8.26. The summed E-state index contributed by atoms with van der Waals surface area (Å²) in [6.45, 7) is 3.94. The van der Waals surface area contributed by atoms with Crippen LogP contribution < -0.4 is 9.47 Å². The number of ether oxygens (including phenoxy) is 2. The normalized spacial score (nSPS) is 15.1. The Morgan fingerprint density at radius 1 is 1.11 bits per heavy atom. The Morgan fingerprint density at radius 3 is 2.30 bits per heavy atom. The van der Waals surface area contributed by atoms with Crippen LogP contribution in [0, 0.1) is 13.8 Å². The minimum Gasteiger partial charge on any atom is -0.497 e. The Bertz CT molecular complexity index is 929. The summed E-state index contributed by atoms with van der Waals surface area (Å²) in [6.07, 6.45) is 1.69. The predicted molar refractivity (Wildman–Crippen MR) is 98.8 cm³/mol. The van der Waals surface area contributed by atoms with Gasteiger partial charge in [-0.05, 0) is 51.0 Å². The van der Waals surface area contributed by atoms with E-state index in [9.17, 15) is 13.2 Å². The monoisotopic (exact) mass is 393 g/mol. The Kier molecular flexibility index (Phi) is 5.52. The second kappa shape index (κ2) is 7.69. The molecule has 1 aliphatic rings. The molecule has 1 aliphatic heterocycles. The van der Waals surface area contributed by atoms with E-state index in [1.54, 1.807) is 45.2 Å². The molecule has 0 spiro atoms. The Hall–Kier alpha value is -2.39. The van der Waals surface area contributed by atoms with Gasteiger partial charge in [-0.25, -0.2) is 13.1 Å². The average molecular weight is 393 g/mol. The molecule has 9 heteroatoms. The van der Waals surface area contributed by atoms with E-state index < -0.39 is 15.9 Å². The lowest BCUT2D eigenvalue weighted by Gasteiger charge is -2.15. The first-order valence-corrected chi connectivity index (χ1v) is 10.1. The van der Waals surface area contributed by atoms with Gasteiger partial charge >= 0.3 is 0 Å². The fourth-order valence-corrected chi connectivity index (χ4v) is 5.05. The molecule has 0 N–H and O–H groups in total. The number of rotatable bonds is 6. The largest absolute Gasteiger partial charge is 0.497 e. The average Bonchev–Trinajstić information content (AvgIpc) is 3.29. The van der Waals surface area contributed by atoms with Crippen molar-refractivity contribution in [2.24, 2.45) is 0 Å². The summed E-state index contributed by atoms with van der Waals surface area (Å²) in [7, 11) is -2.08. The lowest BCUT2D eigenvalue weighted by atomic mass is 10.3. The zero-order chi connectivity index (χ0) is 19.6. The fourth-order valence-electron chi connectivity index (χ4n) is 3.18. The zero-order valence-electron chi connectivity index (χ0n) is 15.6.